The van der Waals surface area contributed by atoms with Gasteiger partial charge >= 0.3 is 0 Å². The van der Waals surface area contributed by atoms with E-state index in [1.165, 1.54) is 24.3 Å². The lowest BCUT2D eigenvalue weighted by Crippen LogP contribution is -2.39. The molecular weight excluding hydrogens is 284 g/mol. The molecule has 2 N–H and O–H groups in total. The number of hydrogen-bond acceptors (Lipinski definition) is 4. The van der Waals surface area contributed by atoms with Crippen LogP contribution in [0.15, 0.2) is 30.3 Å². The third kappa shape index (κ3) is 6.49. The van der Waals surface area contributed by atoms with Gasteiger partial charge in [-0.25, -0.2) is 0 Å². The summed E-state index contributed by atoms with van der Waals surface area (Å²) < 4.78 is 0. The summed E-state index contributed by atoms with van der Waals surface area (Å²) in [5, 5.41) is 22.7. The van der Waals surface area contributed by atoms with E-state index in [0.717, 1.165) is 0 Å². The van der Waals surface area contributed by atoms with Gasteiger partial charge in [-0.05, 0) is 23.5 Å². The average Bonchev–Trinajstić information content (AvgIpc) is 2.43. The van der Waals surface area contributed by atoms with Gasteiger partial charge in [0.1, 0.15) is 0 Å². The van der Waals surface area contributed by atoms with Crippen molar-refractivity contribution in [1.82, 2.24) is 5.32 Å². The number of aliphatic hydroxyl groups excluding tert-OH is 1. The van der Waals surface area contributed by atoms with Crippen LogP contribution in [0, 0.1) is 15.5 Å². The largest absolute Gasteiger partial charge is 0.394 e. The molecule has 0 aromatic heterocycles. The molecule has 22 heavy (non-hydrogen) atoms. The zero-order valence-electron chi connectivity index (χ0n) is 13.1. The Morgan fingerprint density at radius 2 is 2.14 bits per heavy atom. The Bertz CT molecular complexity index is 562. The summed E-state index contributed by atoms with van der Waals surface area (Å²) in [6, 6.07) is 5.70. The van der Waals surface area contributed by atoms with Gasteiger partial charge < -0.3 is 10.4 Å². The Kier molecular flexibility index (Phi) is 6.24. The molecule has 1 rings (SSSR count). The van der Waals surface area contributed by atoms with E-state index in [1.807, 2.05) is 20.8 Å². The van der Waals surface area contributed by atoms with Gasteiger partial charge in [0.15, 0.2) is 0 Å². The van der Waals surface area contributed by atoms with E-state index in [1.54, 1.807) is 12.1 Å². The van der Waals surface area contributed by atoms with Crippen LogP contribution in [0.25, 0.3) is 6.08 Å². The number of aliphatic hydroxyl groups is 1. The van der Waals surface area contributed by atoms with Crippen molar-refractivity contribution in [3.8, 4) is 0 Å². The number of nitro benzene ring substituents is 1. The first-order valence-electron chi connectivity index (χ1n) is 7.05. The lowest BCUT2D eigenvalue weighted by Gasteiger charge is -2.24. The van der Waals surface area contributed by atoms with Crippen LogP contribution in [0.3, 0.4) is 0 Å². The highest BCUT2D eigenvalue weighted by Gasteiger charge is 2.19. The second kappa shape index (κ2) is 7.70. The van der Waals surface area contributed by atoms with Gasteiger partial charge in [-0.15, -0.1) is 0 Å². The molecule has 1 unspecified atom stereocenters. The molecule has 0 radical (unpaired) electrons. The predicted molar refractivity (Wildman–Crippen MR) is 85.2 cm³/mol. The van der Waals surface area contributed by atoms with E-state index in [2.05, 4.69) is 5.32 Å². The number of hydrogen-bond donors (Lipinski definition) is 2. The Morgan fingerprint density at radius 3 is 2.68 bits per heavy atom. The fourth-order valence-electron chi connectivity index (χ4n) is 2.06. The van der Waals surface area contributed by atoms with E-state index in [9.17, 15) is 20.0 Å². The molecule has 120 valence electrons. The number of amides is 1. The zero-order chi connectivity index (χ0) is 16.8. The van der Waals surface area contributed by atoms with Crippen molar-refractivity contribution in [2.24, 2.45) is 5.41 Å². The molecule has 0 aliphatic carbocycles. The van der Waals surface area contributed by atoms with Crippen LogP contribution in [-0.2, 0) is 4.79 Å². The van der Waals surface area contributed by atoms with Crippen LogP contribution in [0.1, 0.15) is 32.8 Å². The first-order chi connectivity index (χ1) is 10.2. The van der Waals surface area contributed by atoms with Crippen molar-refractivity contribution in [3.63, 3.8) is 0 Å². The van der Waals surface area contributed by atoms with E-state index < -0.39 is 4.92 Å². The molecule has 0 aliphatic heterocycles. The van der Waals surface area contributed by atoms with Gasteiger partial charge in [-0.3, -0.25) is 14.9 Å². The van der Waals surface area contributed by atoms with Crippen molar-refractivity contribution in [2.45, 2.75) is 33.2 Å². The van der Waals surface area contributed by atoms with Crippen LogP contribution in [0.2, 0.25) is 0 Å². The third-order valence-corrected chi connectivity index (χ3v) is 2.93. The lowest BCUT2D eigenvalue weighted by atomic mass is 9.88. The number of carbonyl (C=O) groups excluding carboxylic acids is 1. The van der Waals surface area contributed by atoms with E-state index in [4.69, 9.17) is 0 Å². The number of benzene rings is 1. The quantitative estimate of drug-likeness (QED) is 0.480. The number of non-ortho nitro benzene ring substituents is 1. The van der Waals surface area contributed by atoms with Crippen LogP contribution >= 0.6 is 0 Å². The van der Waals surface area contributed by atoms with Crippen LogP contribution in [-0.4, -0.2) is 28.6 Å². The Labute approximate surface area is 130 Å². The van der Waals surface area contributed by atoms with Crippen molar-refractivity contribution in [2.75, 3.05) is 6.61 Å². The number of rotatable bonds is 6. The van der Waals surface area contributed by atoms with Crippen molar-refractivity contribution >= 4 is 17.7 Å². The van der Waals surface area contributed by atoms with E-state index >= 15 is 0 Å². The third-order valence-electron chi connectivity index (χ3n) is 2.93. The van der Waals surface area contributed by atoms with Crippen molar-refractivity contribution in [3.05, 3.63) is 46.0 Å². The molecule has 0 fully saturated rings. The number of carbonyl (C=O) groups is 1. The van der Waals surface area contributed by atoms with Gasteiger partial charge in [-0.1, -0.05) is 32.9 Å². The van der Waals surface area contributed by atoms with Crippen LogP contribution in [0.5, 0.6) is 0 Å². The molecule has 0 aliphatic rings. The smallest absolute Gasteiger partial charge is 0.270 e. The molecular formula is C16H22N2O4. The molecule has 0 spiro atoms. The fraction of sp³-hybridized carbons (Fsp3) is 0.438. The number of nitrogens with zero attached hydrogens (tertiary/aromatic N) is 1. The molecule has 0 saturated carbocycles. The van der Waals surface area contributed by atoms with Gasteiger partial charge in [0.25, 0.3) is 5.69 Å². The summed E-state index contributed by atoms with van der Waals surface area (Å²) in [5.74, 6) is -0.338. The topological polar surface area (TPSA) is 92.5 Å². The highest BCUT2D eigenvalue weighted by Crippen LogP contribution is 2.20. The maximum absolute atomic E-state index is 11.8. The summed E-state index contributed by atoms with van der Waals surface area (Å²) in [5.41, 5.74) is 0.536. The molecule has 6 heteroatoms. The second-order valence-corrected chi connectivity index (χ2v) is 6.34. The zero-order valence-corrected chi connectivity index (χ0v) is 13.1. The molecule has 0 heterocycles. The Balaban J connectivity index is 2.67. The minimum Gasteiger partial charge on any atom is -0.394 e. The summed E-state index contributed by atoms with van der Waals surface area (Å²) in [6.07, 6.45) is 3.47. The van der Waals surface area contributed by atoms with E-state index in [0.29, 0.717) is 12.0 Å². The van der Waals surface area contributed by atoms with Crippen LogP contribution < -0.4 is 5.32 Å². The summed E-state index contributed by atoms with van der Waals surface area (Å²) in [6.45, 7) is 5.95. The van der Waals surface area contributed by atoms with Gasteiger partial charge in [-0.2, -0.15) is 0 Å². The maximum Gasteiger partial charge on any atom is 0.270 e. The molecule has 1 aromatic rings. The Hall–Kier alpha value is -2.21. The van der Waals surface area contributed by atoms with Crippen LogP contribution in [0.4, 0.5) is 5.69 Å². The standard InChI is InChI=1S/C16H22N2O4/c1-16(2,3)10-13(11-19)17-15(20)8-7-12-5-4-6-14(9-12)18(21)22/h4-9,13,19H,10-11H2,1-3H3,(H,17,20)/b8-7+. The molecule has 1 aromatic carbocycles. The first kappa shape index (κ1) is 17.8. The average molecular weight is 306 g/mol. The highest BCUT2D eigenvalue weighted by molar-refractivity contribution is 5.92. The fourth-order valence-corrected chi connectivity index (χ4v) is 2.06. The summed E-state index contributed by atoms with van der Waals surface area (Å²) in [4.78, 5) is 22.0. The monoisotopic (exact) mass is 306 g/mol. The number of nitro groups is 1. The Morgan fingerprint density at radius 1 is 1.45 bits per heavy atom. The minimum atomic E-state index is -0.484. The first-order valence-corrected chi connectivity index (χ1v) is 7.05. The van der Waals surface area contributed by atoms with Crippen molar-refractivity contribution < 1.29 is 14.8 Å². The lowest BCUT2D eigenvalue weighted by molar-refractivity contribution is -0.384. The number of nitrogens with one attached hydrogen (secondary N) is 1. The normalized spacial score (nSPS) is 13.1. The minimum absolute atomic E-state index is 0.00949. The molecule has 6 nitrogen and oxygen atoms in total. The van der Waals surface area contributed by atoms with Crippen molar-refractivity contribution in [1.29, 1.82) is 0 Å². The van der Waals surface area contributed by atoms with Gasteiger partial charge in [0, 0.05) is 18.2 Å². The predicted octanol–water partition coefficient (Wildman–Crippen LogP) is 2.52. The highest BCUT2D eigenvalue weighted by atomic mass is 16.6. The van der Waals surface area contributed by atoms with E-state index in [-0.39, 0.29) is 29.7 Å². The SMILES string of the molecule is CC(C)(C)CC(CO)NC(=O)/C=C/c1cccc([N+](=O)[O-])c1. The molecule has 1 amide bonds. The summed E-state index contributed by atoms with van der Waals surface area (Å²) in [7, 11) is 0. The van der Waals surface area contributed by atoms with Gasteiger partial charge in [0.2, 0.25) is 5.91 Å². The maximum atomic E-state index is 11.8. The molecule has 0 saturated heterocycles. The second-order valence-electron chi connectivity index (χ2n) is 6.34. The van der Waals surface area contributed by atoms with Gasteiger partial charge in [0.05, 0.1) is 17.6 Å². The molecule has 1 atom stereocenters. The molecule has 0 bridgehead atoms. The summed E-state index contributed by atoms with van der Waals surface area (Å²) >= 11 is 0.